The molecule has 0 aromatic carbocycles. The van der Waals surface area contributed by atoms with Crippen LogP contribution in [0.4, 0.5) is 0 Å². The van der Waals surface area contributed by atoms with Crippen LogP contribution in [0.15, 0.2) is 53.5 Å². The SMILES string of the molecule is C=C/C(=C1/N=CC(c2cnn(C)c2)=CN1C)c1csc(C(=O)NC2CC2)c1. The normalized spacial score (nSPS) is 18.3. The van der Waals surface area contributed by atoms with Crippen LogP contribution in [0.5, 0.6) is 0 Å². The molecule has 6 nitrogen and oxygen atoms in total. The summed E-state index contributed by atoms with van der Waals surface area (Å²) in [6.45, 7) is 3.95. The van der Waals surface area contributed by atoms with Crippen molar-refractivity contribution in [2.24, 2.45) is 12.0 Å². The third-order valence-corrected chi connectivity index (χ3v) is 5.45. The summed E-state index contributed by atoms with van der Waals surface area (Å²) in [7, 11) is 3.85. The van der Waals surface area contributed by atoms with Gasteiger partial charge in [0.25, 0.3) is 5.91 Å². The molecule has 0 radical (unpaired) electrons. The zero-order valence-corrected chi connectivity index (χ0v) is 16.2. The molecule has 0 atom stereocenters. The second kappa shape index (κ2) is 7.00. The molecule has 1 fully saturated rings. The van der Waals surface area contributed by atoms with E-state index >= 15 is 0 Å². The fraction of sp³-hybridized carbons (Fsp3) is 0.250. The lowest BCUT2D eigenvalue weighted by Gasteiger charge is -2.22. The maximum absolute atomic E-state index is 12.3. The Balaban J connectivity index is 1.60. The molecule has 2 aromatic rings. The summed E-state index contributed by atoms with van der Waals surface area (Å²) in [4.78, 5) is 19.6. The fourth-order valence-corrected chi connectivity index (χ4v) is 3.73. The van der Waals surface area contributed by atoms with Crippen LogP contribution in [0.2, 0.25) is 0 Å². The molecule has 2 aliphatic rings. The van der Waals surface area contributed by atoms with E-state index in [1.807, 2.05) is 55.2 Å². The number of aliphatic imine (C=N–C) groups is 1. The van der Waals surface area contributed by atoms with Gasteiger partial charge in [0.05, 0.1) is 11.1 Å². The van der Waals surface area contributed by atoms with Gasteiger partial charge >= 0.3 is 0 Å². The van der Waals surface area contributed by atoms with Crippen LogP contribution in [-0.4, -0.2) is 39.9 Å². The van der Waals surface area contributed by atoms with E-state index in [1.54, 1.807) is 10.8 Å². The Bertz CT molecular complexity index is 990. The van der Waals surface area contributed by atoms with Crippen LogP contribution >= 0.6 is 11.3 Å². The van der Waals surface area contributed by atoms with Crippen molar-refractivity contribution in [2.75, 3.05) is 7.05 Å². The van der Waals surface area contributed by atoms with Gasteiger partial charge in [-0.25, -0.2) is 4.99 Å². The van der Waals surface area contributed by atoms with Crippen molar-refractivity contribution >= 4 is 34.6 Å². The highest BCUT2D eigenvalue weighted by Gasteiger charge is 2.25. The molecule has 27 heavy (non-hydrogen) atoms. The highest BCUT2D eigenvalue weighted by Crippen LogP contribution is 2.30. The Kier molecular flexibility index (Phi) is 4.53. The predicted molar refractivity (Wildman–Crippen MR) is 109 cm³/mol. The number of nitrogens with zero attached hydrogens (tertiary/aromatic N) is 4. The molecule has 1 saturated carbocycles. The number of carbonyl (C=O) groups is 1. The number of hydrogen-bond acceptors (Lipinski definition) is 5. The van der Waals surface area contributed by atoms with Crippen molar-refractivity contribution in [3.63, 3.8) is 0 Å². The van der Waals surface area contributed by atoms with Crippen molar-refractivity contribution < 1.29 is 4.79 Å². The minimum Gasteiger partial charge on any atom is -0.349 e. The van der Waals surface area contributed by atoms with Crippen LogP contribution in [0, 0.1) is 0 Å². The van der Waals surface area contributed by atoms with Gasteiger partial charge in [0, 0.05) is 55.5 Å². The van der Waals surface area contributed by atoms with Crippen LogP contribution in [-0.2, 0) is 7.05 Å². The molecule has 1 aliphatic carbocycles. The van der Waals surface area contributed by atoms with E-state index in [1.165, 1.54) is 11.3 Å². The number of aromatic nitrogens is 2. The molecule has 1 N–H and O–H groups in total. The first-order valence-electron chi connectivity index (χ1n) is 8.79. The minimum atomic E-state index is 0.00132. The molecule has 4 rings (SSSR count). The molecule has 2 aromatic heterocycles. The number of nitrogens with one attached hydrogen (secondary N) is 1. The van der Waals surface area contributed by atoms with Gasteiger partial charge in [0.15, 0.2) is 0 Å². The van der Waals surface area contributed by atoms with Crippen molar-refractivity contribution in [2.45, 2.75) is 18.9 Å². The lowest BCUT2D eigenvalue weighted by molar-refractivity contribution is 0.0955. The van der Waals surface area contributed by atoms with E-state index in [-0.39, 0.29) is 5.91 Å². The number of rotatable bonds is 5. The number of amides is 1. The summed E-state index contributed by atoms with van der Waals surface area (Å²) in [5, 5.41) is 9.22. The van der Waals surface area contributed by atoms with Crippen LogP contribution in [0.3, 0.4) is 0 Å². The highest BCUT2D eigenvalue weighted by molar-refractivity contribution is 7.12. The Labute approximate surface area is 162 Å². The van der Waals surface area contributed by atoms with Gasteiger partial charge in [0.1, 0.15) is 5.82 Å². The number of carbonyl (C=O) groups excluding carboxylic acids is 1. The molecule has 3 heterocycles. The molecular formula is C20H21N5OS. The van der Waals surface area contributed by atoms with Gasteiger partial charge in [-0.1, -0.05) is 12.7 Å². The van der Waals surface area contributed by atoms with Gasteiger partial charge in [-0.15, -0.1) is 11.3 Å². The minimum absolute atomic E-state index is 0.00132. The van der Waals surface area contributed by atoms with Gasteiger partial charge in [-0.2, -0.15) is 5.10 Å². The average molecular weight is 379 g/mol. The molecule has 0 saturated heterocycles. The highest BCUT2D eigenvalue weighted by atomic mass is 32.1. The van der Waals surface area contributed by atoms with Crippen LogP contribution < -0.4 is 5.32 Å². The van der Waals surface area contributed by atoms with E-state index in [4.69, 9.17) is 0 Å². The second-order valence-electron chi connectivity index (χ2n) is 6.74. The van der Waals surface area contributed by atoms with E-state index in [0.29, 0.717) is 10.9 Å². The zero-order chi connectivity index (χ0) is 19.0. The maximum atomic E-state index is 12.3. The first kappa shape index (κ1) is 17.5. The molecular weight excluding hydrogens is 358 g/mol. The smallest absolute Gasteiger partial charge is 0.261 e. The Morgan fingerprint density at radius 3 is 2.85 bits per heavy atom. The Morgan fingerprint density at radius 2 is 2.22 bits per heavy atom. The topological polar surface area (TPSA) is 62.5 Å². The summed E-state index contributed by atoms with van der Waals surface area (Å²) in [5.41, 5.74) is 3.86. The van der Waals surface area contributed by atoms with Gasteiger partial charge < -0.3 is 10.2 Å². The van der Waals surface area contributed by atoms with Crippen LogP contribution in [0.25, 0.3) is 11.1 Å². The van der Waals surface area contributed by atoms with Crippen molar-refractivity contribution in [3.05, 3.63) is 64.5 Å². The molecule has 0 unspecified atom stereocenters. The van der Waals surface area contributed by atoms with E-state index in [2.05, 4.69) is 22.0 Å². The van der Waals surface area contributed by atoms with E-state index in [0.717, 1.165) is 40.9 Å². The molecule has 0 spiro atoms. The molecule has 1 aliphatic heterocycles. The number of hydrogen-bond donors (Lipinski definition) is 1. The van der Waals surface area contributed by atoms with E-state index < -0.39 is 0 Å². The van der Waals surface area contributed by atoms with E-state index in [9.17, 15) is 4.79 Å². The lowest BCUT2D eigenvalue weighted by atomic mass is 10.1. The van der Waals surface area contributed by atoms with Gasteiger partial charge in [-0.3, -0.25) is 9.48 Å². The number of aryl methyl sites for hydroxylation is 1. The lowest BCUT2D eigenvalue weighted by Crippen LogP contribution is -2.24. The molecule has 138 valence electrons. The van der Waals surface area contributed by atoms with Crippen molar-refractivity contribution in [1.29, 1.82) is 0 Å². The predicted octanol–water partition coefficient (Wildman–Crippen LogP) is 3.29. The summed E-state index contributed by atoms with van der Waals surface area (Å²) >= 11 is 1.45. The monoisotopic (exact) mass is 379 g/mol. The summed E-state index contributed by atoms with van der Waals surface area (Å²) in [5.74, 6) is 0.797. The zero-order valence-electron chi connectivity index (χ0n) is 15.3. The molecule has 0 bridgehead atoms. The number of allylic oxidation sites excluding steroid dienone is 3. The second-order valence-corrected chi connectivity index (χ2v) is 7.66. The first-order valence-corrected chi connectivity index (χ1v) is 9.67. The quantitative estimate of drug-likeness (QED) is 0.867. The third-order valence-electron chi connectivity index (χ3n) is 4.52. The fourth-order valence-electron chi connectivity index (χ4n) is 2.92. The van der Waals surface area contributed by atoms with Crippen molar-refractivity contribution in [3.8, 4) is 0 Å². The Hall–Kier alpha value is -2.93. The standard InChI is InChI=1S/C20H21N5OS/c1-4-17(13-7-18(27-12-13)20(26)23-16-5-6-16)19-21-8-14(10-24(19)2)15-9-22-25(3)11-15/h4,7-12,16H,1,5-6H2,2-3H3,(H,23,26)/b19-17+. The molecule has 1 amide bonds. The van der Waals surface area contributed by atoms with Crippen molar-refractivity contribution in [1.82, 2.24) is 20.0 Å². The van der Waals surface area contributed by atoms with Gasteiger partial charge in [0.2, 0.25) is 0 Å². The summed E-state index contributed by atoms with van der Waals surface area (Å²) in [6, 6.07) is 2.27. The maximum Gasteiger partial charge on any atom is 0.261 e. The summed E-state index contributed by atoms with van der Waals surface area (Å²) in [6.07, 6.45) is 11.6. The third kappa shape index (κ3) is 3.64. The number of thiophene rings is 1. The van der Waals surface area contributed by atoms with Crippen LogP contribution in [0.1, 0.15) is 33.6 Å². The molecule has 7 heteroatoms. The first-order chi connectivity index (χ1) is 13.0. The Morgan fingerprint density at radius 1 is 1.41 bits per heavy atom. The largest absolute Gasteiger partial charge is 0.349 e. The van der Waals surface area contributed by atoms with Gasteiger partial charge in [-0.05, 0) is 29.9 Å². The average Bonchev–Trinajstić information content (AvgIpc) is 3.15. The summed E-state index contributed by atoms with van der Waals surface area (Å²) < 4.78 is 1.77.